The van der Waals surface area contributed by atoms with Crippen LogP contribution in [-0.2, 0) is 9.84 Å². The second-order valence-corrected chi connectivity index (χ2v) is 10.6. The lowest BCUT2D eigenvalue weighted by molar-refractivity contribution is 0.200. The minimum Gasteiger partial charge on any atom is -0.360 e. The van der Waals surface area contributed by atoms with Gasteiger partial charge in [0, 0.05) is 37.6 Å². The van der Waals surface area contributed by atoms with Crippen LogP contribution in [-0.4, -0.2) is 67.0 Å². The maximum Gasteiger partial charge on any atom is 0.147 e. The second-order valence-electron chi connectivity index (χ2n) is 8.31. The normalized spacial score (nSPS) is 22.1. The molecule has 3 heterocycles. The molecule has 3 rings (SSSR count). The van der Waals surface area contributed by atoms with Gasteiger partial charge in [-0.15, -0.1) is 0 Å². The maximum atomic E-state index is 11.4. The lowest BCUT2D eigenvalue weighted by atomic mass is 10.1. The molecule has 0 bridgehead atoms. The van der Waals surface area contributed by atoms with E-state index < -0.39 is 9.84 Å². The Bertz CT molecular complexity index is 879. The number of rotatable bonds is 6. The summed E-state index contributed by atoms with van der Waals surface area (Å²) in [6.07, 6.45) is 4.08. The number of anilines is 1. The number of hydrogen-bond donors (Lipinski definition) is 1. The molecule has 7 heteroatoms. The van der Waals surface area contributed by atoms with Crippen molar-refractivity contribution in [3.8, 4) is 0 Å². The highest BCUT2D eigenvalue weighted by molar-refractivity contribution is 7.90. The average Bonchev–Trinajstić information content (AvgIpc) is 2.96. The Kier molecular flexibility index (Phi) is 5.82. The first-order chi connectivity index (χ1) is 12.7. The van der Waals surface area contributed by atoms with Crippen LogP contribution in [0.1, 0.15) is 45.6 Å². The van der Waals surface area contributed by atoms with E-state index in [1.54, 1.807) is 0 Å². The lowest BCUT2D eigenvalue weighted by Gasteiger charge is -2.45. The zero-order chi connectivity index (χ0) is 19.8. The van der Waals surface area contributed by atoms with Crippen LogP contribution in [0.2, 0.25) is 0 Å². The van der Waals surface area contributed by atoms with Crippen molar-refractivity contribution in [2.24, 2.45) is 0 Å². The number of H-pyrrole nitrogens is 1. The average molecular weight is 393 g/mol. The van der Waals surface area contributed by atoms with Crippen LogP contribution in [0.4, 0.5) is 5.82 Å². The summed E-state index contributed by atoms with van der Waals surface area (Å²) in [4.78, 5) is 13.1. The van der Waals surface area contributed by atoms with E-state index in [-0.39, 0.29) is 5.75 Å². The summed E-state index contributed by atoms with van der Waals surface area (Å²) >= 11 is 0. The number of piperazine rings is 1. The monoisotopic (exact) mass is 392 g/mol. The third-order valence-corrected chi connectivity index (χ3v) is 6.44. The molecular weight excluding hydrogens is 360 g/mol. The van der Waals surface area contributed by atoms with Gasteiger partial charge in [0.05, 0.1) is 16.8 Å². The Balaban J connectivity index is 1.74. The van der Waals surface area contributed by atoms with Crippen molar-refractivity contribution in [3.63, 3.8) is 0 Å². The molecule has 0 radical (unpaired) electrons. The van der Waals surface area contributed by atoms with Crippen LogP contribution in [0.15, 0.2) is 18.3 Å². The minimum atomic E-state index is -2.88. The third kappa shape index (κ3) is 4.63. The van der Waals surface area contributed by atoms with Crippen LogP contribution in [0, 0.1) is 0 Å². The number of aromatic amines is 1. The molecule has 2 unspecified atom stereocenters. The number of nitrogens with zero attached hydrogens (tertiary/aromatic N) is 3. The Morgan fingerprint density at radius 2 is 1.89 bits per heavy atom. The summed E-state index contributed by atoms with van der Waals surface area (Å²) in [5.74, 6) is 1.72. The van der Waals surface area contributed by atoms with Gasteiger partial charge in [-0.05, 0) is 50.4 Å². The molecule has 2 atom stereocenters. The zero-order valence-corrected chi connectivity index (χ0v) is 17.9. The predicted molar refractivity (Wildman–Crippen MR) is 112 cm³/mol. The molecule has 6 nitrogen and oxygen atoms in total. The van der Waals surface area contributed by atoms with Crippen LogP contribution >= 0.6 is 0 Å². The molecule has 2 aromatic heterocycles. The quantitative estimate of drug-likeness (QED) is 0.818. The molecule has 0 spiro atoms. The Morgan fingerprint density at radius 1 is 1.22 bits per heavy atom. The van der Waals surface area contributed by atoms with Crippen molar-refractivity contribution in [2.45, 2.75) is 52.1 Å². The van der Waals surface area contributed by atoms with Crippen molar-refractivity contribution in [3.05, 3.63) is 23.9 Å². The van der Waals surface area contributed by atoms with Crippen LogP contribution in [0.3, 0.4) is 0 Å². The van der Waals surface area contributed by atoms with E-state index >= 15 is 0 Å². The van der Waals surface area contributed by atoms with Crippen LogP contribution < -0.4 is 4.90 Å². The lowest BCUT2D eigenvalue weighted by Crippen LogP contribution is -2.57. The van der Waals surface area contributed by atoms with E-state index in [1.165, 1.54) is 11.8 Å². The summed E-state index contributed by atoms with van der Waals surface area (Å²) in [7, 11) is -2.88. The van der Waals surface area contributed by atoms with E-state index in [0.717, 1.165) is 36.5 Å². The summed E-state index contributed by atoms with van der Waals surface area (Å²) in [5.41, 5.74) is 3.41. The number of hydrogen-bond acceptors (Lipinski definition) is 5. The summed E-state index contributed by atoms with van der Waals surface area (Å²) < 4.78 is 22.7. The molecule has 1 aliphatic heterocycles. The first-order valence-electron chi connectivity index (χ1n) is 9.82. The molecule has 2 aromatic rings. The fourth-order valence-corrected chi connectivity index (χ4v) is 4.86. The Hall–Kier alpha value is -1.60. The molecule has 0 saturated carbocycles. The summed E-state index contributed by atoms with van der Waals surface area (Å²) in [6.45, 7) is 11.5. The summed E-state index contributed by atoms with van der Waals surface area (Å²) in [6, 6.07) is 4.90. The summed E-state index contributed by atoms with van der Waals surface area (Å²) in [5, 5.41) is 0. The Morgan fingerprint density at radius 3 is 2.48 bits per heavy atom. The van der Waals surface area contributed by atoms with E-state index in [9.17, 15) is 8.42 Å². The molecule has 150 valence electrons. The predicted octanol–water partition coefficient (Wildman–Crippen LogP) is 3.02. The smallest absolute Gasteiger partial charge is 0.147 e. The number of aromatic nitrogens is 2. The largest absolute Gasteiger partial charge is 0.360 e. The SMILES string of the molecule is CC(C)c1c[nH]c2ccc(N3C(C)CN(CCCS(C)(=O)=O)CC3C)nc12. The van der Waals surface area contributed by atoms with Gasteiger partial charge in [-0.25, -0.2) is 13.4 Å². The molecule has 27 heavy (non-hydrogen) atoms. The van der Waals surface area contributed by atoms with Crippen molar-refractivity contribution in [1.82, 2.24) is 14.9 Å². The van der Waals surface area contributed by atoms with Crippen LogP contribution in [0.25, 0.3) is 11.0 Å². The van der Waals surface area contributed by atoms with E-state index in [1.807, 2.05) is 0 Å². The molecule has 1 fully saturated rings. The van der Waals surface area contributed by atoms with Crippen molar-refractivity contribution >= 4 is 26.7 Å². The van der Waals surface area contributed by atoms with Gasteiger partial charge in [-0.1, -0.05) is 13.8 Å². The minimum absolute atomic E-state index is 0.264. The van der Waals surface area contributed by atoms with Crippen molar-refractivity contribution in [2.75, 3.05) is 36.5 Å². The van der Waals surface area contributed by atoms with Gasteiger partial charge in [0.1, 0.15) is 15.7 Å². The molecule has 0 aromatic carbocycles. The van der Waals surface area contributed by atoms with Gasteiger partial charge in [0.2, 0.25) is 0 Å². The standard InChI is InChI=1S/C20H32N4O2S/c1-14(2)17-11-21-18-7-8-19(22-20(17)18)24-15(3)12-23(13-16(24)4)9-6-10-27(5,25)26/h7-8,11,14-16,21H,6,9-10,12-13H2,1-5H3. The van der Waals surface area contributed by atoms with Gasteiger partial charge >= 0.3 is 0 Å². The van der Waals surface area contributed by atoms with Gasteiger partial charge in [-0.2, -0.15) is 0 Å². The highest BCUT2D eigenvalue weighted by atomic mass is 32.2. The number of fused-ring (bicyclic) bond motifs is 1. The highest BCUT2D eigenvalue weighted by Gasteiger charge is 2.30. The van der Waals surface area contributed by atoms with Gasteiger partial charge in [-0.3, -0.25) is 4.90 Å². The van der Waals surface area contributed by atoms with E-state index in [4.69, 9.17) is 4.98 Å². The molecule has 1 aliphatic rings. The maximum absolute atomic E-state index is 11.4. The molecule has 1 saturated heterocycles. The Labute approximate surface area is 162 Å². The number of nitrogens with one attached hydrogen (secondary N) is 1. The molecular formula is C20H32N4O2S. The van der Waals surface area contributed by atoms with Gasteiger partial charge < -0.3 is 9.88 Å². The fraction of sp³-hybridized carbons (Fsp3) is 0.650. The highest BCUT2D eigenvalue weighted by Crippen LogP contribution is 2.29. The zero-order valence-electron chi connectivity index (χ0n) is 17.1. The van der Waals surface area contributed by atoms with Crippen LogP contribution in [0.5, 0.6) is 0 Å². The molecule has 0 aliphatic carbocycles. The molecule has 1 N–H and O–H groups in total. The molecule has 0 amide bonds. The van der Waals surface area contributed by atoms with Gasteiger partial charge in [0.15, 0.2) is 0 Å². The topological polar surface area (TPSA) is 69.3 Å². The van der Waals surface area contributed by atoms with E-state index in [2.05, 4.69) is 60.8 Å². The van der Waals surface area contributed by atoms with E-state index in [0.29, 0.717) is 24.4 Å². The fourth-order valence-electron chi connectivity index (χ4n) is 4.21. The van der Waals surface area contributed by atoms with Gasteiger partial charge in [0.25, 0.3) is 0 Å². The van der Waals surface area contributed by atoms with Crippen molar-refractivity contribution in [1.29, 1.82) is 0 Å². The first kappa shape index (κ1) is 20.1. The second kappa shape index (κ2) is 7.80. The van der Waals surface area contributed by atoms with Crippen molar-refractivity contribution < 1.29 is 8.42 Å². The number of sulfone groups is 1. The first-order valence-corrected chi connectivity index (χ1v) is 11.9. The third-order valence-electron chi connectivity index (χ3n) is 5.41. The number of pyridine rings is 1.